The van der Waals surface area contributed by atoms with Crippen LogP contribution < -0.4 is 9.64 Å². The van der Waals surface area contributed by atoms with Crippen LogP contribution in [0.25, 0.3) is 43.8 Å². The van der Waals surface area contributed by atoms with E-state index in [1.165, 1.54) is 54.9 Å². The van der Waals surface area contributed by atoms with Gasteiger partial charge >= 0.3 is 0 Å². The van der Waals surface area contributed by atoms with Gasteiger partial charge in [-0.25, -0.2) is 0 Å². The van der Waals surface area contributed by atoms with Gasteiger partial charge in [0.2, 0.25) is 0 Å². The first-order chi connectivity index (χ1) is 26.3. The zero-order valence-corrected chi connectivity index (χ0v) is 28.9. The summed E-state index contributed by atoms with van der Waals surface area (Å²) in [6, 6.07) is 72.7. The van der Waals surface area contributed by atoms with E-state index in [-0.39, 0.29) is 0 Å². The van der Waals surface area contributed by atoms with Gasteiger partial charge in [-0.1, -0.05) is 158 Å². The van der Waals surface area contributed by atoms with Crippen molar-refractivity contribution < 1.29 is 4.74 Å². The summed E-state index contributed by atoms with van der Waals surface area (Å²) in [6.07, 6.45) is 0. The molecule has 11 rings (SSSR count). The zero-order valence-electron chi connectivity index (χ0n) is 28.9. The monoisotopic (exact) mass is 675 g/mol. The topological polar surface area (TPSA) is 12.5 Å². The highest BCUT2D eigenvalue weighted by molar-refractivity contribution is 6.03. The number of hydrogen-bond donors (Lipinski definition) is 0. The van der Waals surface area contributed by atoms with Crippen molar-refractivity contribution >= 4 is 38.6 Å². The van der Waals surface area contributed by atoms with Crippen molar-refractivity contribution in [3.05, 3.63) is 222 Å². The number of nitrogens with zero attached hydrogens (tertiary/aromatic N) is 1. The molecule has 53 heavy (non-hydrogen) atoms. The maximum atomic E-state index is 6.71. The number of ether oxygens (including phenoxy) is 1. The minimum absolute atomic E-state index is 0.603. The molecule has 0 saturated carbocycles. The fourth-order valence-electron chi connectivity index (χ4n) is 9.07. The first-order valence-corrected chi connectivity index (χ1v) is 18.3. The van der Waals surface area contributed by atoms with E-state index in [4.69, 9.17) is 4.74 Å². The summed E-state index contributed by atoms with van der Waals surface area (Å²) in [5, 5.41) is 4.90. The molecule has 0 aromatic heterocycles. The predicted octanol–water partition coefficient (Wildman–Crippen LogP) is 13.6. The van der Waals surface area contributed by atoms with Crippen molar-refractivity contribution in [2.45, 2.75) is 5.41 Å². The summed E-state index contributed by atoms with van der Waals surface area (Å²) in [5.41, 5.74) is 12.5. The fourth-order valence-corrected chi connectivity index (χ4v) is 9.07. The summed E-state index contributed by atoms with van der Waals surface area (Å²) >= 11 is 0. The molecule has 0 amide bonds. The Morgan fingerprint density at radius 1 is 0.377 bits per heavy atom. The van der Waals surface area contributed by atoms with Crippen molar-refractivity contribution in [1.29, 1.82) is 0 Å². The Labute approximate surface area is 308 Å². The summed E-state index contributed by atoms with van der Waals surface area (Å²) in [7, 11) is 0. The first kappa shape index (κ1) is 29.8. The largest absolute Gasteiger partial charge is 0.457 e. The predicted molar refractivity (Wildman–Crippen MR) is 219 cm³/mol. The molecule has 0 radical (unpaired) electrons. The molecule has 1 spiro atoms. The maximum absolute atomic E-state index is 6.71. The van der Waals surface area contributed by atoms with Crippen LogP contribution in [0.5, 0.6) is 11.5 Å². The highest BCUT2D eigenvalue weighted by Gasteiger charge is 2.52. The van der Waals surface area contributed by atoms with Crippen molar-refractivity contribution in [1.82, 2.24) is 0 Å². The van der Waals surface area contributed by atoms with Crippen LogP contribution in [-0.2, 0) is 5.41 Å². The van der Waals surface area contributed by atoms with Gasteiger partial charge in [-0.2, -0.15) is 0 Å². The maximum Gasteiger partial charge on any atom is 0.132 e. The van der Waals surface area contributed by atoms with Crippen LogP contribution in [0.4, 0.5) is 17.1 Å². The first-order valence-electron chi connectivity index (χ1n) is 18.3. The minimum atomic E-state index is -0.603. The number of anilines is 3. The molecule has 0 saturated heterocycles. The third kappa shape index (κ3) is 4.33. The van der Waals surface area contributed by atoms with E-state index in [0.29, 0.717) is 0 Å². The fraction of sp³-hybridized carbons (Fsp3) is 0.0196. The molecule has 9 aromatic rings. The zero-order chi connectivity index (χ0) is 34.9. The summed E-state index contributed by atoms with van der Waals surface area (Å²) in [4.78, 5) is 2.43. The average molecular weight is 676 g/mol. The van der Waals surface area contributed by atoms with Crippen LogP contribution >= 0.6 is 0 Å². The molecule has 0 bridgehead atoms. The molecule has 0 atom stereocenters. The average Bonchev–Trinajstić information content (AvgIpc) is 3.52. The molecule has 2 heteroatoms. The van der Waals surface area contributed by atoms with Crippen LogP contribution in [0.2, 0.25) is 0 Å². The Morgan fingerprint density at radius 3 is 1.70 bits per heavy atom. The van der Waals surface area contributed by atoms with Crippen LogP contribution in [0, 0.1) is 0 Å². The molecule has 1 aliphatic heterocycles. The molecular formula is C51H33NO. The van der Waals surface area contributed by atoms with Gasteiger partial charge in [-0.05, 0) is 92.0 Å². The third-order valence-electron chi connectivity index (χ3n) is 11.3. The van der Waals surface area contributed by atoms with Gasteiger partial charge in [-0.3, -0.25) is 0 Å². The summed E-state index contributed by atoms with van der Waals surface area (Å²) in [5.74, 6) is 1.79. The molecule has 2 nitrogen and oxygen atoms in total. The molecule has 0 fully saturated rings. The number of para-hydroxylation sites is 2. The van der Waals surface area contributed by atoms with Gasteiger partial charge in [0.25, 0.3) is 0 Å². The van der Waals surface area contributed by atoms with Gasteiger partial charge in [0.05, 0.1) is 11.1 Å². The Bertz CT molecular complexity index is 2820. The quantitative estimate of drug-likeness (QED) is 0.184. The van der Waals surface area contributed by atoms with E-state index < -0.39 is 5.41 Å². The molecule has 0 unspecified atom stereocenters. The van der Waals surface area contributed by atoms with Crippen LogP contribution in [-0.4, -0.2) is 0 Å². The van der Waals surface area contributed by atoms with Crippen LogP contribution in [0.3, 0.4) is 0 Å². The SMILES string of the molecule is c1ccc(-c2ccc(N(c3ccc4c(c3)C3(c5ccccc5Oc5ccccc53)c3c-4ccc4ccccc34)c3cccc4ccccc34)cc2)cc1. The van der Waals surface area contributed by atoms with Crippen molar-refractivity contribution in [3.63, 3.8) is 0 Å². The lowest BCUT2D eigenvalue weighted by molar-refractivity contribution is 0.437. The van der Waals surface area contributed by atoms with Crippen molar-refractivity contribution in [3.8, 4) is 33.8 Å². The smallest absolute Gasteiger partial charge is 0.132 e. The number of fused-ring (bicyclic) bond motifs is 12. The van der Waals surface area contributed by atoms with Crippen molar-refractivity contribution in [2.24, 2.45) is 0 Å². The lowest BCUT2D eigenvalue weighted by atomic mass is 9.65. The standard InChI is InChI=1S/C51H33NO/c1-2-13-34(14-3-1)35-25-28-38(29-26-35)52(47-22-12-17-36-15-4-6-18-40(36)47)39-30-32-42-43-31-27-37-16-5-7-19-41(37)50(43)51(46(42)33-39)44-20-8-10-23-48(44)53-49-24-11-9-21-45(49)51/h1-33H. The van der Waals surface area contributed by atoms with Crippen LogP contribution in [0.1, 0.15) is 22.3 Å². The molecule has 2 aliphatic rings. The van der Waals surface area contributed by atoms with Crippen LogP contribution in [0.15, 0.2) is 200 Å². The second-order valence-electron chi connectivity index (χ2n) is 14.0. The van der Waals surface area contributed by atoms with Gasteiger partial charge in [0.15, 0.2) is 0 Å². The van der Waals surface area contributed by atoms with Gasteiger partial charge in [0, 0.05) is 27.9 Å². The molecule has 248 valence electrons. The normalized spacial score (nSPS) is 13.2. The van der Waals surface area contributed by atoms with Gasteiger partial charge in [0.1, 0.15) is 11.5 Å². The van der Waals surface area contributed by atoms with Crippen molar-refractivity contribution in [2.75, 3.05) is 4.90 Å². The Kier molecular flexibility index (Phi) is 6.50. The molecule has 0 N–H and O–H groups in total. The molecule has 1 aliphatic carbocycles. The van der Waals surface area contributed by atoms with E-state index in [0.717, 1.165) is 39.7 Å². The Morgan fingerprint density at radius 2 is 0.943 bits per heavy atom. The minimum Gasteiger partial charge on any atom is -0.457 e. The second kappa shape index (κ2) is 11.6. The summed E-state index contributed by atoms with van der Waals surface area (Å²) < 4.78 is 6.71. The number of rotatable bonds is 4. The highest BCUT2D eigenvalue weighted by Crippen LogP contribution is 2.64. The van der Waals surface area contributed by atoms with Gasteiger partial charge in [-0.15, -0.1) is 0 Å². The van der Waals surface area contributed by atoms with Gasteiger partial charge < -0.3 is 9.64 Å². The summed E-state index contributed by atoms with van der Waals surface area (Å²) in [6.45, 7) is 0. The van der Waals surface area contributed by atoms with E-state index in [9.17, 15) is 0 Å². The highest BCUT2D eigenvalue weighted by atomic mass is 16.5. The number of benzene rings is 9. The van der Waals surface area contributed by atoms with E-state index in [1.54, 1.807) is 0 Å². The lowest BCUT2D eigenvalue weighted by Crippen LogP contribution is -2.32. The third-order valence-corrected chi connectivity index (χ3v) is 11.3. The Balaban J connectivity index is 1.22. The second-order valence-corrected chi connectivity index (χ2v) is 14.0. The van der Waals surface area contributed by atoms with E-state index in [2.05, 4.69) is 205 Å². The van der Waals surface area contributed by atoms with E-state index >= 15 is 0 Å². The van der Waals surface area contributed by atoms with E-state index in [1.807, 2.05) is 0 Å². The lowest BCUT2D eigenvalue weighted by Gasteiger charge is -2.40. The number of hydrogen-bond acceptors (Lipinski definition) is 2. The molecule has 1 heterocycles. The molecule has 9 aromatic carbocycles. The Hall–Kier alpha value is -6.90. The molecular weight excluding hydrogens is 643 g/mol.